The van der Waals surface area contributed by atoms with E-state index in [1.165, 1.54) is 38.6 Å². The van der Waals surface area contributed by atoms with Crippen LogP contribution in [0, 0.1) is 23.2 Å². The third-order valence-electron chi connectivity index (χ3n) is 4.51. The van der Waals surface area contributed by atoms with E-state index in [-0.39, 0.29) is 17.7 Å². The molecule has 1 aliphatic carbocycles. The summed E-state index contributed by atoms with van der Waals surface area (Å²) in [5, 5.41) is 12.0. The summed E-state index contributed by atoms with van der Waals surface area (Å²) < 4.78 is 0.755. The Kier molecular flexibility index (Phi) is 6.39. The van der Waals surface area contributed by atoms with Crippen LogP contribution in [-0.4, -0.2) is 59.8 Å². The topological polar surface area (TPSA) is 56.1 Å². The molecule has 1 saturated heterocycles. The number of allylic oxidation sites excluding steroid dienone is 2. The van der Waals surface area contributed by atoms with Crippen molar-refractivity contribution in [2.24, 2.45) is 11.8 Å². The molecule has 3 atom stereocenters. The predicted octanol–water partition coefficient (Wildman–Crippen LogP) is 1.52. The maximum atomic E-state index is 11.9. The predicted molar refractivity (Wildman–Crippen MR) is 88.0 cm³/mol. The summed E-state index contributed by atoms with van der Waals surface area (Å²) in [5.41, 5.74) is 1.69. The number of rotatable bonds is 5. The summed E-state index contributed by atoms with van der Waals surface area (Å²) >= 11 is 1.20. The molecule has 2 aliphatic rings. The molecular formula is C17H22N3OPb. The molecule has 0 spiro atoms. The van der Waals surface area contributed by atoms with Crippen LogP contribution in [0.3, 0.4) is 0 Å². The molecule has 22 heavy (non-hydrogen) atoms. The standard InChI is InChI=1S/C17H22N3O.Pb/c1-13-10-15(11-18)14(2)16(13)12-19-17(21)6-5-9-20-7-3-4-8-20;/h5-7,10,14,16H,1,3-4,8-9,12H2,2H3,(H,19,21);/b6-5+;. The molecule has 0 bridgehead atoms. The monoisotopic (exact) mass is 492 g/mol. The number of carbonyl (C=O) groups is 1. The fraction of sp³-hybridized carbons (Fsp3) is 0.529. The fourth-order valence-electron chi connectivity index (χ4n) is 3.03. The van der Waals surface area contributed by atoms with Crippen LogP contribution in [0.15, 0.2) is 36.0 Å². The summed E-state index contributed by atoms with van der Waals surface area (Å²) in [4.78, 5) is 14.3. The number of amides is 1. The molecule has 1 amide bonds. The zero-order valence-electron chi connectivity index (χ0n) is 13.0. The summed E-state index contributed by atoms with van der Waals surface area (Å²) in [6, 6.07) is 2.20. The van der Waals surface area contributed by atoms with Gasteiger partial charge in [-0.05, 0) is 0 Å². The molecular weight excluding hydrogens is 469 g/mol. The van der Waals surface area contributed by atoms with E-state index in [4.69, 9.17) is 5.26 Å². The Hall–Kier alpha value is -0.938. The molecule has 0 aromatic heterocycles. The van der Waals surface area contributed by atoms with Gasteiger partial charge in [0.05, 0.1) is 0 Å². The van der Waals surface area contributed by atoms with Gasteiger partial charge < -0.3 is 0 Å². The number of nitrogens with one attached hydrogen (secondary N) is 1. The molecule has 0 aromatic carbocycles. The van der Waals surface area contributed by atoms with Crippen molar-refractivity contribution in [3.8, 4) is 6.07 Å². The molecule has 1 heterocycles. The first-order chi connectivity index (χ1) is 10.5. The van der Waals surface area contributed by atoms with Gasteiger partial charge in [0.25, 0.3) is 0 Å². The number of hydrogen-bond donors (Lipinski definition) is 1. The average Bonchev–Trinajstić information content (AvgIpc) is 3.01. The van der Waals surface area contributed by atoms with Crippen LogP contribution in [0.2, 0.25) is 0 Å². The first-order valence-electron chi connectivity index (χ1n) is 7.73. The van der Waals surface area contributed by atoms with Crippen molar-refractivity contribution in [1.82, 2.24) is 10.2 Å². The molecule has 2 rings (SSSR count). The summed E-state index contributed by atoms with van der Waals surface area (Å²) in [7, 11) is 0. The molecule has 3 radical (unpaired) electrons. The van der Waals surface area contributed by atoms with Crippen molar-refractivity contribution in [1.29, 1.82) is 5.26 Å². The van der Waals surface area contributed by atoms with Gasteiger partial charge >= 0.3 is 144 Å². The second kappa shape index (κ2) is 8.07. The van der Waals surface area contributed by atoms with Crippen molar-refractivity contribution < 1.29 is 4.79 Å². The van der Waals surface area contributed by atoms with E-state index in [1.807, 2.05) is 19.1 Å². The van der Waals surface area contributed by atoms with E-state index >= 15 is 0 Å². The van der Waals surface area contributed by atoms with Gasteiger partial charge in [0, 0.05) is 0 Å². The van der Waals surface area contributed by atoms with Crippen LogP contribution >= 0.6 is 0 Å². The second-order valence-electron chi connectivity index (χ2n) is 5.98. The van der Waals surface area contributed by atoms with Gasteiger partial charge in [0.1, 0.15) is 0 Å². The van der Waals surface area contributed by atoms with E-state index in [0.29, 0.717) is 6.54 Å². The van der Waals surface area contributed by atoms with Crippen molar-refractivity contribution in [2.45, 2.75) is 23.4 Å². The number of hydrogen-bond acceptors (Lipinski definition) is 3. The zero-order valence-corrected chi connectivity index (χ0v) is 16.9. The SMILES string of the molecule is C=C1C=C(C#N)C(C)C1CNC(=O)/C=C/CN1CCC[CH]1[Pb]. The molecule has 0 aromatic rings. The summed E-state index contributed by atoms with van der Waals surface area (Å²) in [6.45, 7) is 8.56. The number of likely N-dealkylation sites (tertiary alicyclic amines) is 1. The fourth-order valence-corrected chi connectivity index (χ4v) is 4.73. The molecule has 1 N–H and O–H groups in total. The minimum atomic E-state index is -0.0606. The first-order valence-corrected chi connectivity index (χ1v) is 9.97. The summed E-state index contributed by atoms with van der Waals surface area (Å²) in [6.07, 6.45) is 8.02. The molecule has 4 nitrogen and oxygen atoms in total. The molecule has 0 saturated carbocycles. The number of carbonyl (C=O) groups excluding carboxylic acids is 1. The Labute approximate surface area is 148 Å². The van der Waals surface area contributed by atoms with Gasteiger partial charge in [-0.25, -0.2) is 0 Å². The minimum absolute atomic E-state index is 0.0606. The van der Waals surface area contributed by atoms with Gasteiger partial charge in [-0.15, -0.1) is 0 Å². The molecule has 1 aliphatic heterocycles. The Morgan fingerprint density at radius 3 is 3.05 bits per heavy atom. The van der Waals surface area contributed by atoms with Crippen LogP contribution in [0.4, 0.5) is 0 Å². The van der Waals surface area contributed by atoms with E-state index in [9.17, 15) is 4.79 Å². The Bertz CT molecular complexity index is 547. The molecule has 5 heteroatoms. The van der Waals surface area contributed by atoms with Crippen LogP contribution in [-0.2, 0) is 4.79 Å². The van der Waals surface area contributed by atoms with Crippen molar-refractivity contribution in [3.63, 3.8) is 0 Å². The van der Waals surface area contributed by atoms with E-state index in [2.05, 4.69) is 22.9 Å². The van der Waals surface area contributed by atoms with Crippen molar-refractivity contribution in [3.05, 3.63) is 36.0 Å². The van der Waals surface area contributed by atoms with E-state index < -0.39 is 0 Å². The van der Waals surface area contributed by atoms with Crippen LogP contribution in [0.1, 0.15) is 19.8 Å². The maximum absolute atomic E-state index is 11.9. The van der Waals surface area contributed by atoms with E-state index in [0.717, 1.165) is 27.8 Å². The number of nitrogens with zero attached hydrogens (tertiary/aromatic N) is 2. The second-order valence-corrected chi connectivity index (χ2v) is 8.57. The Balaban J connectivity index is 1.74. The number of nitriles is 1. The van der Waals surface area contributed by atoms with Gasteiger partial charge in [0.2, 0.25) is 0 Å². The quantitative estimate of drug-likeness (QED) is 0.469. The van der Waals surface area contributed by atoms with Gasteiger partial charge in [-0.2, -0.15) is 5.26 Å². The van der Waals surface area contributed by atoms with Crippen molar-refractivity contribution in [2.75, 3.05) is 19.6 Å². The Morgan fingerprint density at radius 1 is 1.68 bits per heavy atom. The third kappa shape index (κ3) is 4.29. The Morgan fingerprint density at radius 2 is 2.45 bits per heavy atom. The summed E-state index contributed by atoms with van der Waals surface area (Å²) in [5.74, 6) is 0.211. The molecule has 1 fully saturated rings. The average molecular weight is 492 g/mol. The first kappa shape index (κ1) is 17.4. The molecule has 3 unspecified atom stereocenters. The third-order valence-corrected chi connectivity index (χ3v) is 7.05. The van der Waals surface area contributed by atoms with E-state index in [1.54, 1.807) is 6.08 Å². The van der Waals surface area contributed by atoms with Gasteiger partial charge in [-0.1, -0.05) is 0 Å². The van der Waals surface area contributed by atoms with Crippen LogP contribution < -0.4 is 5.32 Å². The molecule has 115 valence electrons. The van der Waals surface area contributed by atoms with Gasteiger partial charge in [0.15, 0.2) is 0 Å². The normalized spacial score (nSPS) is 28.9. The van der Waals surface area contributed by atoms with Crippen LogP contribution in [0.5, 0.6) is 0 Å². The van der Waals surface area contributed by atoms with Crippen LogP contribution in [0.25, 0.3) is 0 Å². The van der Waals surface area contributed by atoms with Crippen molar-refractivity contribution >= 4 is 31.7 Å². The zero-order chi connectivity index (χ0) is 16.1. The van der Waals surface area contributed by atoms with Gasteiger partial charge in [-0.3, -0.25) is 0 Å².